The molecule has 2 aliphatic carbocycles. The van der Waals surface area contributed by atoms with Crippen LogP contribution in [0.4, 0.5) is 0 Å². The molecule has 4 rings (SSSR count). The molecule has 1 N–H and O–H groups in total. The van der Waals surface area contributed by atoms with E-state index in [9.17, 15) is 0 Å². The summed E-state index contributed by atoms with van der Waals surface area (Å²) in [6.45, 7) is 0.998. The lowest BCUT2D eigenvalue weighted by Crippen LogP contribution is -2.15. The van der Waals surface area contributed by atoms with Gasteiger partial charge in [-0.2, -0.15) is 0 Å². The Hall–Kier alpha value is -0.780. The summed E-state index contributed by atoms with van der Waals surface area (Å²) in [4.78, 5) is 10.6. The first kappa shape index (κ1) is 11.1. The van der Waals surface area contributed by atoms with E-state index in [1.807, 2.05) is 16.8 Å². The standard InChI is InChI=1S/C13H15N3S2/c1-2-8(1)12-11(5-14-9-3-4-9)18-13(16-12)10-6-17-7-15-10/h6-9,14H,1-5H2. The molecule has 0 amide bonds. The first-order valence-electron chi connectivity index (χ1n) is 6.51. The minimum Gasteiger partial charge on any atom is -0.309 e. The average Bonchev–Trinajstić information content (AvgIpc) is 3.30. The van der Waals surface area contributed by atoms with Gasteiger partial charge >= 0.3 is 0 Å². The number of hydrogen-bond donors (Lipinski definition) is 1. The van der Waals surface area contributed by atoms with Crippen molar-refractivity contribution in [3.8, 4) is 10.7 Å². The van der Waals surface area contributed by atoms with Crippen LogP contribution in [0.1, 0.15) is 42.2 Å². The van der Waals surface area contributed by atoms with Crippen molar-refractivity contribution in [3.05, 3.63) is 21.5 Å². The summed E-state index contributed by atoms with van der Waals surface area (Å²) >= 11 is 3.47. The molecule has 0 bridgehead atoms. The lowest BCUT2D eigenvalue weighted by atomic mass is 10.2. The highest BCUT2D eigenvalue weighted by Crippen LogP contribution is 2.44. The molecule has 18 heavy (non-hydrogen) atoms. The molecule has 0 unspecified atom stereocenters. The van der Waals surface area contributed by atoms with Crippen molar-refractivity contribution < 1.29 is 0 Å². The maximum absolute atomic E-state index is 4.84. The molecule has 0 atom stereocenters. The van der Waals surface area contributed by atoms with E-state index in [1.54, 1.807) is 11.3 Å². The van der Waals surface area contributed by atoms with E-state index in [1.165, 1.54) is 36.3 Å². The van der Waals surface area contributed by atoms with Gasteiger partial charge in [0, 0.05) is 28.8 Å². The van der Waals surface area contributed by atoms with Gasteiger partial charge in [-0.3, -0.25) is 0 Å². The topological polar surface area (TPSA) is 37.8 Å². The third kappa shape index (κ3) is 2.22. The van der Waals surface area contributed by atoms with Crippen LogP contribution in [0.25, 0.3) is 10.7 Å². The van der Waals surface area contributed by atoms with Crippen LogP contribution in [-0.4, -0.2) is 16.0 Å². The highest BCUT2D eigenvalue weighted by molar-refractivity contribution is 7.15. The molecule has 2 fully saturated rings. The van der Waals surface area contributed by atoms with Gasteiger partial charge in [0.1, 0.15) is 10.7 Å². The maximum Gasteiger partial charge on any atom is 0.143 e. The number of aromatic nitrogens is 2. The third-order valence-corrected chi connectivity index (χ3v) is 5.15. The Kier molecular flexibility index (Phi) is 2.71. The summed E-state index contributed by atoms with van der Waals surface area (Å²) in [5, 5.41) is 6.80. The van der Waals surface area contributed by atoms with Crippen molar-refractivity contribution in [1.82, 2.24) is 15.3 Å². The Balaban J connectivity index is 1.61. The van der Waals surface area contributed by atoms with Crippen LogP contribution in [0.5, 0.6) is 0 Å². The first-order valence-corrected chi connectivity index (χ1v) is 8.27. The molecular weight excluding hydrogens is 262 g/mol. The minimum atomic E-state index is 0.727. The van der Waals surface area contributed by atoms with Gasteiger partial charge in [-0.05, 0) is 25.7 Å². The molecule has 0 spiro atoms. The van der Waals surface area contributed by atoms with Crippen molar-refractivity contribution in [2.24, 2.45) is 0 Å². The summed E-state index contributed by atoms with van der Waals surface area (Å²) < 4.78 is 0. The van der Waals surface area contributed by atoms with Gasteiger partial charge in [0.2, 0.25) is 0 Å². The molecule has 0 radical (unpaired) electrons. The van der Waals surface area contributed by atoms with E-state index in [0.29, 0.717) is 0 Å². The molecule has 3 nitrogen and oxygen atoms in total. The monoisotopic (exact) mass is 277 g/mol. The van der Waals surface area contributed by atoms with E-state index in [2.05, 4.69) is 15.7 Å². The van der Waals surface area contributed by atoms with Crippen molar-refractivity contribution >= 4 is 22.7 Å². The average molecular weight is 277 g/mol. The fourth-order valence-corrected chi connectivity index (χ4v) is 3.80. The van der Waals surface area contributed by atoms with Gasteiger partial charge in [-0.15, -0.1) is 22.7 Å². The molecule has 0 aliphatic heterocycles. The molecule has 0 aromatic carbocycles. The first-order chi connectivity index (χ1) is 8.90. The Morgan fingerprint density at radius 2 is 2.17 bits per heavy atom. The van der Waals surface area contributed by atoms with Gasteiger partial charge in [0.15, 0.2) is 0 Å². The molecule has 0 saturated heterocycles. The third-order valence-electron chi connectivity index (χ3n) is 3.47. The summed E-state index contributed by atoms with van der Waals surface area (Å²) in [5.41, 5.74) is 4.27. The quantitative estimate of drug-likeness (QED) is 0.910. The van der Waals surface area contributed by atoms with E-state index >= 15 is 0 Å². The Morgan fingerprint density at radius 1 is 1.28 bits per heavy atom. The highest BCUT2D eigenvalue weighted by atomic mass is 32.1. The van der Waals surface area contributed by atoms with Crippen LogP contribution in [0.2, 0.25) is 0 Å². The second-order valence-corrected chi connectivity index (χ2v) is 6.93. The Morgan fingerprint density at radius 3 is 2.83 bits per heavy atom. The van der Waals surface area contributed by atoms with E-state index in [-0.39, 0.29) is 0 Å². The molecule has 2 aliphatic rings. The fraction of sp³-hybridized carbons (Fsp3) is 0.538. The largest absolute Gasteiger partial charge is 0.309 e. The van der Waals surface area contributed by atoms with Crippen molar-refractivity contribution in [3.63, 3.8) is 0 Å². The zero-order chi connectivity index (χ0) is 11.9. The number of nitrogens with one attached hydrogen (secondary N) is 1. The predicted octanol–water partition coefficient (Wildman–Crippen LogP) is 3.40. The van der Waals surface area contributed by atoms with Crippen LogP contribution in [-0.2, 0) is 6.54 Å². The maximum atomic E-state index is 4.84. The number of nitrogens with zero attached hydrogens (tertiary/aromatic N) is 2. The molecule has 5 heteroatoms. The molecular formula is C13H15N3S2. The van der Waals surface area contributed by atoms with Crippen molar-refractivity contribution in [2.45, 2.75) is 44.2 Å². The van der Waals surface area contributed by atoms with Crippen molar-refractivity contribution in [1.29, 1.82) is 0 Å². The summed E-state index contributed by atoms with van der Waals surface area (Å²) in [5.74, 6) is 0.727. The van der Waals surface area contributed by atoms with Gasteiger partial charge in [0.25, 0.3) is 0 Å². The molecule has 94 valence electrons. The normalized spacial score (nSPS) is 19.3. The van der Waals surface area contributed by atoms with E-state index in [4.69, 9.17) is 4.98 Å². The lowest BCUT2D eigenvalue weighted by Gasteiger charge is -2.01. The molecule has 2 aromatic rings. The number of rotatable bonds is 5. The molecule has 2 saturated carbocycles. The van der Waals surface area contributed by atoms with Crippen LogP contribution in [0.15, 0.2) is 10.9 Å². The summed E-state index contributed by atoms with van der Waals surface area (Å²) in [7, 11) is 0. The van der Waals surface area contributed by atoms with Gasteiger partial charge in [-0.1, -0.05) is 0 Å². The Labute approximate surface area is 114 Å². The van der Waals surface area contributed by atoms with Crippen LogP contribution in [0.3, 0.4) is 0 Å². The number of hydrogen-bond acceptors (Lipinski definition) is 5. The molecule has 2 aromatic heterocycles. The predicted molar refractivity (Wildman–Crippen MR) is 75.1 cm³/mol. The van der Waals surface area contributed by atoms with E-state index in [0.717, 1.165) is 29.2 Å². The van der Waals surface area contributed by atoms with Gasteiger partial charge < -0.3 is 5.32 Å². The van der Waals surface area contributed by atoms with E-state index < -0.39 is 0 Å². The second kappa shape index (κ2) is 4.40. The van der Waals surface area contributed by atoms with Crippen LogP contribution >= 0.6 is 22.7 Å². The van der Waals surface area contributed by atoms with Crippen LogP contribution < -0.4 is 5.32 Å². The van der Waals surface area contributed by atoms with Crippen LogP contribution in [0, 0.1) is 0 Å². The van der Waals surface area contributed by atoms with Gasteiger partial charge in [-0.25, -0.2) is 9.97 Å². The SMILES string of the molecule is c1nc(-c2nc(C3CC3)c(CNC3CC3)s2)cs1. The Bertz CT molecular complexity index is 539. The zero-order valence-electron chi connectivity index (χ0n) is 10.1. The lowest BCUT2D eigenvalue weighted by molar-refractivity contribution is 0.688. The smallest absolute Gasteiger partial charge is 0.143 e. The minimum absolute atomic E-state index is 0.727. The molecule has 2 heterocycles. The summed E-state index contributed by atoms with van der Waals surface area (Å²) in [6, 6.07) is 0.766. The second-order valence-electron chi connectivity index (χ2n) is 5.13. The van der Waals surface area contributed by atoms with Gasteiger partial charge in [0.05, 0.1) is 11.2 Å². The highest BCUT2D eigenvalue weighted by Gasteiger charge is 2.30. The van der Waals surface area contributed by atoms with Crippen molar-refractivity contribution in [2.75, 3.05) is 0 Å². The summed E-state index contributed by atoms with van der Waals surface area (Å²) in [6.07, 6.45) is 5.32. The fourth-order valence-electron chi connectivity index (χ4n) is 2.12. The number of thiazole rings is 2. The zero-order valence-corrected chi connectivity index (χ0v) is 11.7.